The van der Waals surface area contributed by atoms with Crippen molar-refractivity contribution in [2.75, 3.05) is 13.1 Å². The van der Waals surface area contributed by atoms with Crippen molar-refractivity contribution < 1.29 is 4.79 Å². The van der Waals surface area contributed by atoms with Gasteiger partial charge in [-0.2, -0.15) is 0 Å². The van der Waals surface area contributed by atoms with Crippen LogP contribution in [0.3, 0.4) is 0 Å². The molecule has 7 heavy (non-hydrogen) atoms. The molecule has 1 rings (SSSR count). The molecule has 0 aromatic carbocycles. The van der Waals surface area contributed by atoms with Crippen molar-refractivity contribution in [3.8, 4) is 0 Å². The number of amides is 2. The second-order valence-electron chi connectivity index (χ2n) is 1.18. The minimum absolute atomic E-state index is 0.328. The maximum Gasteiger partial charge on any atom is 0.352 e. The summed E-state index contributed by atoms with van der Waals surface area (Å²) in [6.07, 6.45) is 0. The van der Waals surface area contributed by atoms with Crippen LogP contribution < -0.4 is 16.2 Å². The van der Waals surface area contributed by atoms with E-state index in [1.54, 1.807) is 0 Å². The van der Waals surface area contributed by atoms with E-state index in [1.807, 2.05) is 0 Å². The minimum atomic E-state index is -0.328. The summed E-state index contributed by atoms with van der Waals surface area (Å²) in [5, 5.41) is 3.49. The third-order valence-corrected chi connectivity index (χ3v) is 0.642. The quantitative estimate of drug-likeness (QED) is 0.409. The van der Waals surface area contributed by atoms with Crippen molar-refractivity contribution >= 4 is 6.03 Å². The molecule has 2 amide bonds. The first kappa shape index (κ1) is 4.39. The first-order chi connectivity index (χ1) is 3.39. The molecule has 0 bridgehead atoms. The van der Waals surface area contributed by atoms with E-state index < -0.39 is 0 Å². The van der Waals surface area contributed by atoms with E-state index in [9.17, 15) is 4.79 Å². The SMILES string of the molecule is O=C1[N]CC[N]N1. The summed E-state index contributed by atoms with van der Waals surface area (Å²) in [7, 11) is 0. The molecule has 1 saturated heterocycles. The van der Waals surface area contributed by atoms with Crippen LogP contribution in [0.4, 0.5) is 4.79 Å². The molecule has 0 aliphatic carbocycles. The third kappa shape index (κ3) is 1.04. The lowest BCUT2D eigenvalue weighted by Crippen LogP contribution is -2.45. The number of hydrogen-bond donors (Lipinski definition) is 1. The highest BCUT2D eigenvalue weighted by Gasteiger charge is 2.05. The summed E-state index contributed by atoms with van der Waals surface area (Å²) in [5.41, 5.74) is 5.77. The van der Waals surface area contributed by atoms with E-state index in [2.05, 4.69) is 16.2 Å². The molecule has 0 aromatic heterocycles. The van der Waals surface area contributed by atoms with Crippen LogP contribution in [0.5, 0.6) is 0 Å². The Labute approximate surface area is 41.2 Å². The Morgan fingerprint density at radius 1 is 1.57 bits per heavy atom. The smallest absolute Gasteiger partial charge is 0.254 e. The number of urea groups is 1. The zero-order valence-electron chi connectivity index (χ0n) is 3.72. The molecule has 0 aromatic rings. The van der Waals surface area contributed by atoms with E-state index in [-0.39, 0.29) is 6.03 Å². The van der Waals surface area contributed by atoms with Gasteiger partial charge in [-0.1, -0.05) is 0 Å². The number of hydrogen-bond acceptors (Lipinski definition) is 1. The molecular weight excluding hydrogens is 94.1 g/mol. The molecular formula is C3H5N3O. The van der Waals surface area contributed by atoms with Crippen molar-refractivity contribution in [2.24, 2.45) is 0 Å². The van der Waals surface area contributed by atoms with E-state index in [1.165, 1.54) is 0 Å². The van der Waals surface area contributed by atoms with Crippen LogP contribution in [0, 0.1) is 0 Å². The molecule has 0 spiro atoms. The number of carbonyl (C=O) groups is 1. The summed E-state index contributed by atoms with van der Waals surface area (Å²) < 4.78 is 0. The molecule has 1 fully saturated rings. The molecule has 2 radical (unpaired) electrons. The lowest BCUT2D eigenvalue weighted by Gasteiger charge is -2.08. The van der Waals surface area contributed by atoms with Gasteiger partial charge in [-0.05, 0) is 0 Å². The first-order valence-electron chi connectivity index (χ1n) is 2.03. The highest BCUT2D eigenvalue weighted by atomic mass is 16.2. The van der Waals surface area contributed by atoms with E-state index in [4.69, 9.17) is 0 Å². The Hall–Kier alpha value is -0.770. The second kappa shape index (κ2) is 1.79. The fraction of sp³-hybridized carbons (Fsp3) is 0.667. The average molecular weight is 99.1 g/mol. The molecule has 38 valence electrons. The van der Waals surface area contributed by atoms with Gasteiger partial charge in [0, 0.05) is 0 Å². The van der Waals surface area contributed by atoms with Gasteiger partial charge in [0.1, 0.15) is 0 Å². The molecule has 1 heterocycles. The Kier molecular flexibility index (Phi) is 1.12. The van der Waals surface area contributed by atoms with Crippen molar-refractivity contribution in [2.45, 2.75) is 0 Å². The normalized spacial score (nSPS) is 20.3. The van der Waals surface area contributed by atoms with Crippen LogP contribution in [-0.2, 0) is 0 Å². The Morgan fingerprint density at radius 2 is 2.43 bits per heavy atom. The van der Waals surface area contributed by atoms with E-state index >= 15 is 0 Å². The number of rotatable bonds is 0. The molecule has 1 aliphatic heterocycles. The van der Waals surface area contributed by atoms with Crippen molar-refractivity contribution in [3.63, 3.8) is 0 Å². The maximum absolute atomic E-state index is 10.1. The highest BCUT2D eigenvalue weighted by molar-refractivity contribution is 5.73. The predicted molar refractivity (Wildman–Crippen MR) is 22.5 cm³/mol. The van der Waals surface area contributed by atoms with Gasteiger partial charge in [0.15, 0.2) is 0 Å². The summed E-state index contributed by atoms with van der Waals surface area (Å²) in [5.74, 6) is 0. The zero-order chi connectivity index (χ0) is 5.11. The van der Waals surface area contributed by atoms with Gasteiger partial charge in [-0.3, -0.25) is 5.43 Å². The van der Waals surface area contributed by atoms with Gasteiger partial charge in [0.05, 0.1) is 13.1 Å². The van der Waals surface area contributed by atoms with Crippen LogP contribution in [0.15, 0.2) is 0 Å². The number of nitrogens with zero attached hydrogens (tertiary/aromatic N) is 2. The minimum Gasteiger partial charge on any atom is -0.254 e. The molecule has 0 saturated carbocycles. The highest BCUT2D eigenvalue weighted by Crippen LogP contribution is 1.71. The predicted octanol–water partition coefficient (Wildman–Crippen LogP) is -1.17. The van der Waals surface area contributed by atoms with Crippen LogP contribution in [0.1, 0.15) is 0 Å². The monoisotopic (exact) mass is 99.0 g/mol. The molecule has 4 nitrogen and oxygen atoms in total. The molecule has 0 atom stereocenters. The topological polar surface area (TPSA) is 57.3 Å². The lowest BCUT2D eigenvalue weighted by atomic mass is 10.6. The molecule has 1 aliphatic rings. The lowest BCUT2D eigenvalue weighted by molar-refractivity contribution is 0.229. The van der Waals surface area contributed by atoms with Crippen molar-refractivity contribution in [1.29, 1.82) is 0 Å². The number of nitrogens with one attached hydrogen (secondary N) is 1. The summed E-state index contributed by atoms with van der Waals surface area (Å²) in [6, 6.07) is -0.328. The zero-order valence-corrected chi connectivity index (χ0v) is 3.72. The fourth-order valence-electron chi connectivity index (χ4n) is 0.360. The van der Waals surface area contributed by atoms with Crippen molar-refractivity contribution in [1.82, 2.24) is 16.2 Å². The summed E-state index contributed by atoms with van der Waals surface area (Å²) in [6.45, 7) is 1.15. The fourth-order valence-corrected chi connectivity index (χ4v) is 0.360. The summed E-state index contributed by atoms with van der Waals surface area (Å²) in [4.78, 5) is 10.1. The van der Waals surface area contributed by atoms with Gasteiger partial charge < -0.3 is 0 Å². The van der Waals surface area contributed by atoms with Crippen molar-refractivity contribution in [3.05, 3.63) is 0 Å². The molecule has 4 heteroatoms. The summed E-state index contributed by atoms with van der Waals surface area (Å²) >= 11 is 0. The van der Waals surface area contributed by atoms with Crippen LogP contribution in [0.25, 0.3) is 0 Å². The third-order valence-electron chi connectivity index (χ3n) is 0.642. The Bertz CT molecular complexity index is 74.2. The van der Waals surface area contributed by atoms with Gasteiger partial charge in [-0.15, -0.1) is 5.43 Å². The van der Waals surface area contributed by atoms with Crippen LogP contribution in [-0.4, -0.2) is 19.1 Å². The van der Waals surface area contributed by atoms with E-state index in [0.29, 0.717) is 13.1 Å². The standard InChI is InChI=1S/C3H5N3O/c7-3-4-1-2-5-6-3/h1-2H2,(H,6,7). The second-order valence-corrected chi connectivity index (χ2v) is 1.18. The average Bonchev–Trinajstić information content (AvgIpc) is 1.69. The van der Waals surface area contributed by atoms with Gasteiger partial charge in [0.2, 0.25) is 0 Å². The largest absolute Gasteiger partial charge is 0.352 e. The van der Waals surface area contributed by atoms with Gasteiger partial charge in [-0.25, -0.2) is 10.1 Å². The maximum atomic E-state index is 10.1. The van der Waals surface area contributed by atoms with Gasteiger partial charge in [0.25, 0.3) is 0 Å². The van der Waals surface area contributed by atoms with E-state index in [0.717, 1.165) is 0 Å². The molecule has 1 N–H and O–H groups in total. The number of carbonyl (C=O) groups excluding carboxylic acids is 1. The Morgan fingerprint density at radius 3 is 2.71 bits per heavy atom. The van der Waals surface area contributed by atoms with Gasteiger partial charge >= 0.3 is 6.03 Å². The van der Waals surface area contributed by atoms with Crippen LogP contribution in [0.2, 0.25) is 0 Å². The van der Waals surface area contributed by atoms with Crippen LogP contribution >= 0.6 is 0 Å². The Balaban J connectivity index is 2.25. The first-order valence-corrected chi connectivity index (χ1v) is 2.03. The molecule has 0 unspecified atom stereocenters.